The monoisotopic (exact) mass is 318 g/mol. The van der Waals surface area contributed by atoms with Gasteiger partial charge in [-0.3, -0.25) is 4.99 Å². The van der Waals surface area contributed by atoms with Gasteiger partial charge in [-0.1, -0.05) is 11.8 Å². The van der Waals surface area contributed by atoms with Crippen LogP contribution in [-0.4, -0.2) is 41.1 Å². The summed E-state index contributed by atoms with van der Waals surface area (Å²) in [5.41, 5.74) is 3.05. The van der Waals surface area contributed by atoms with Gasteiger partial charge in [-0.15, -0.1) is 11.8 Å². The topological polar surface area (TPSA) is 49.0 Å². The molecule has 108 valence electrons. The number of aliphatic hydroxyl groups is 1. The van der Waals surface area contributed by atoms with Gasteiger partial charge in [-0.25, -0.2) is 0 Å². The Kier molecular flexibility index (Phi) is 3.24. The first-order valence-electron chi connectivity index (χ1n) is 6.71. The summed E-state index contributed by atoms with van der Waals surface area (Å²) in [5.74, 6) is 0. The number of furan rings is 1. The SMILES string of the molecule is CSc1cc(C2=C(CO)SC3=NCCN32)cc2occc12. The van der Waals surface area contributed by atoms with Gasteiger partial charge in [-0.05, 0) is 24.5 Å². The van der Waals surface area contributed by atoms with Crippen molar-refractivity contribution < 1.29 is 9.52 Å². The van der Waals surface area contributed by atoms with E-state index in [1.807, 2.05) is 6.07 Å². The Hall–Kier alpha value is -1.37. The van der Waals surface area contributed by atoms with Gasteiger partial charge in [0.1, 0.15) is 5.58 Å². The predicted molar refractivity (Wildman–Crippen MR) is 88.6 cm³/mol. The van der Waals surface area contributed by atoms with Crippen molar-refractivity contribution in [3.05, 3.63) is 34.9 Å². The Bertz CT molecular complexity index is 779. The molecule has 3 heterocycles. The third-order valence-electron chi connectivity index (χ3n) is 3.72. The second kappa shape index (κ2) is 5.12. The number of aliphatic hydroxyl groups excluding tert-OH is 1. The van der Waals surface area contributed by atoms with Crippen LogP contribution in [0.5, 0.6) is 0 Å². The molecule has 0 bridgehead atoms. The normalized spacial score (nSPS) is 17.8. The second-order valence-corrected chi connectivity index (χ2v) is 6.77. The van der Waals surface area contributed by atoms with E-state index in [0.717, 1.165) is 45.4 Å². The molecule has 21 heavy (non-hydrogen) atoms. The number of fused-ring (bicyclic) bond motifs is 2. The van der Waals surface area contributed by atoms with E-state index in [0.29, 0.717) is 0 Å². The Labute approximate surface area is 130 Å². The molecule has 2 aliphatic rings. The molecule has 0 amide bonds. The van der Waals surface area contributed by atoms with Crippen molar-refractivity contribution in [1.82, 2.24) is 4.90 Å². The van der Waals surface area contributed by atoms with Crippen LogP contribution < -0.4 is 0 Å². The van der Waals surface area contributed by atoms with Crippen LogP contribution >= 0.6 is 23.5 Å². The zero-order valence-corrected chi connectivity index (χ0v) is 13.1. The standard InChI is InChI=1S/C15H14N2O2S2/c1-20-12-7-9(6-11-10(12)2-5-19-11)14-13(8-18)21-15-16-3-4-17(14)15/h2,5-7,18H,3-4,8H2,1H3. The first kappa shape index (κ1) is 13.3. The van der Waals surface area contributed by atoms with Crippen molar-refractivity contribution in [3.8, 4) is 0 Å². The molecule has 4 nitrogen and oxygen atoms in total. The summed E-state index contributed by atoms with van der Waals surface area (Å²) in [5, 5.41) is 11.8. The fourth-order valence-electron chi connectivity index (χ4n) is 2.80. The molecule has 0 fully saturated rings. The Morgan fingerprint density at radius 1 is 1.48 bits per heavy atom. The summed E-state index contributed by atoms with van der Waals surface area (Å²) in [6, 6.07) is 6.23. The predicted octanol–water partition coefficient (Wildman–Crippen LogP) is 3.23. The number of amidine groups is 1. The lowest BCUT2D eigenvalue weighted by atomic mass is 10.1. The highest BCUT2D eigenvalue weighted by atomic mass is 32.2. The lowest BCUT2D eigenvalue weighted by molar-refractivity contribution is 0.339. The van der Waals surface area contributed by atoms with Gasteiger partial charge in [0.15, 0.2) is 5.17 Å². The van der Waals surface area contributed by atoms with Crippen LogP contribution in [0.4, 0.5) is 0 Å². The van der Waals surface area contributed by atoms with Gasteiger partial charge in [0, 0.05) is 27.3 Å². The number of hydrogen-bond donors (Lipinski definition) is 1. The van der Waals surface area contributed by atoms with Crippen molar-refractivity contribution in [3.63, 3.8) is 0 Å². The van der Waals surface area contributed by atoms with Crippen LogP contribution in [0.3, 0.4) is 0 Å². The van der Waals surface area contributed by atoms with Crippen LogP contribution in [0.25, 0.3) is 16.7 Å². The van der Waals surface area contributed by atoms with Crippen LogP contribution in [-0.2, 0) is 0 Å². The van der Waals surface area contributed by atoms with Gasteiger partial charge in [0.2, 0.25) is 0 Å². The average Bonchev–Trinajstić information content (AvgIpc) is 3.19. The minimum atomic E-state index is 0.0420. The lowest BCUT2D eigenvalue weighted by Crippen LogP contribution is -2.20. The number of benzene rings is 1. The quantitative estimate of drug-likeness (QED) is 0.881. The smallest absolute Gasteiger partial charge is 0.168 e. The molecule has 0 unspecified atom stereocenters. The van der Waals surface area contributed by atoms with Crippen LogP contribution in [0.15, 0.2) is 43.7 Å². The maximum Gasteiger partial charge on any atom is 0.168 e. The van der Waals surface area contributed by atoms with Crippen molar-refractivity contribution >= 4 is 45.4 Å². The molecule has 0 saturated heterocycles. The van der Waals surface area contributed by atoms with E-state index in [1.165, 1.54) is 4.90 Å². The molecule has 0 radical (unpaired) electrons. The molecule has 6 heteroatoms. The first-order chi connectivity index (χ1) is 10.3. The summed E-state index contributed by atoms with van der Waals surface area (Å²) in [6.07, 6.45) is 3.79. The van der Waals surface area contributed by atoms with Gasteiger partial charge < -0.3 is 14.4 Å². The second-order valence-electron chi connectivity index (χ2n) is 4.86. The Morgan fingerprint density at radius 2 is 2.38 bits per heavy atom. The molecule has 0 saturated carbocycles. The van der Waals surface area contributed by atoms with E-state index in [-0.39, 0.29) is 6.61 Å². The van der Waals surface area contributed by atoms with E-state index >= 15 is 0 Å². The van der Waals surface area contributed by atoms with Crippen molar-refractivity contribution in [2.24, 2.45) is 4.99 Å². The Balaban J connectivity index is 1.90. The maximum absolute atomic E-state index is 9.66. The Morgan fingerprint density at radius 3 is 3.19 bits per heavy atom. The highest BCUT2D eigenvalue weighted by Gasteiger charge is 2.33. The van der Waals surface area contributed by atoms with E-state index in [9.17, 15) is 5.11 Å². The first-order valence-corrected chi connectivity index (χ1v) is 8.75. The minimum Gasteiger partial charge on any atom is -0.464 e. The highest BCUT2D eigenvalue weighted by Crippen LogP contribution is 2.43. The van der Waals surface area contributed by atoms with Crippen molar-refractivity contribution in [1.29, 1.82) is 0 Å². The zero-order chi connectivity index (χ0) is 14.4. The van der Waals surface area contributed by atoms with E-state index in [2.05, 4.69) is 28.3 Å². The van der Waals surface area contributed by atoms with Crippen LogP contribution in [0, 0.1) is 0 Å². The third-order valence-corrected chi connectivity index (χ3v) is 5.60. The number of nitrogens with zero attached hydrogens (tertiary/aromatic N) is 2. The van der Waals surface area contributed by atoms with Crippen LogP contribution in [0.2, 0.25) is 0 Å². The number of hydrogen-bond acceptors (Lipinski definition) is 6. The fraction of sp³-hybridized carbons (Fsp3) is 0.267. The highest BCUT2D eigenvalue weighted by molar-refractivity contribution is 8.17. The largest absolute Gasteiger partial charge is 0.464 e. The van der Waals surface area contributed by atoms with Gasteiger partial charge in [0.05, 0.1) is 25.1 Å². The summed E-state index contributed by atoms with van der Waals surface area (Å²) < 4.78 is 5.59. The summed E-state index contributed by atoms with van der Waals surface area (Å²) >= 11 is 3.28. The average molecular weight is 318 g/mol. The molecule has 0 spiro atoms. The lowest BCUT2D eigenvalue weighted by Gasteiger charge is -2.18. The van der Waals surface area contributed by atoms with E-state index in [4.69, 9.17) is 4.42 Å². The van der Waals surface area contributed by atoms with Gasteiger partial charge >= 0.3 is 0 Å². The van der Waals surface area contributed by atoms with Gasteiger partial charge in [0.25, 0.3) is 0 Å². The molecular formula is C15H14N2O2S2. The summed E-state index contributed by atoms with van der Waals surface area (Å²) in [4.78, 5) is 8.84. The molecule has 2 aromatic rings. The molecule has 2 aliphatic heterocycles. The van der Waals surface area contributed by atoms with Crippen molar-refractivity contribution in [2.75, 3.05) is 26.0 Å². The van der Waals surface area contributed by atoms with E-state index in [1.54, 1.807) is 29.8 Å². The number of aliphatic imine (C=N–C) groups is 1. The van der Waals surface area contributed by atoms with Gasteiger partial charge in [-0.2, -0.15) is 0 Å². The van der Waals surface area contributed by atoms with E-state index < -0.39 is 0 Å². The fourth-order valence-corrected chi connectivity index (χ4v) is 4.49. The maximum atomic E-state index is 9.66. The number of thioether (sulfide) groups is 2. The van der Waals surface area contributed by atoms with Crippen LogP contribution in [0.1, 0.15) is 5.56 Å². The molecular weight excluding hydrogens is 304 g/mol. The third kappa shape index (κ3) is 2.01. The molecule has 1 N–H and O–H groups in total. The molecule has 4 rings (SSSR count). The zero-order valence-electron chi connectivity index (χ0n) is 11.5. The van der Waals surface area contributed by atoms with Crippen molar-refractivity contribution in [2.45, 2.75) is 4.90 Å². The summed E-state index contributed by atoms with van der Waals surface area (Å²) in [7, 11) is 0. The molecule has 0 atom stereocenters. The molecule has 0 aliphatic carbocycles. The molecule has 1 aromatic carbocycles. The number of rotatable bonds is 3. The summed E-state index contributed by atoms with van der Waals surface area (Å²) in [6.45, 7) is 1.75. The molecule has 1 aromatic heterocycles. The minimum absolute atomic E-state index is 0.0420.